The van der Waals surface area contributed by atoms with Gasteiger partial charge in [0.1, 0.15) is 0 Å². The lowest BCUT2D eigenvalue weighted by molar-refractivity contribution is -0.0412. The molecule has 0 spiro atoms. The van der Waals surface area contributed by atoms with Gasteiger partial charge in [-0.2, -0.15) is 4.31 Å². The van der Waals surface area contributed by atoms with Crippen molar-refractivity contribution in [2.45, 2.75) is 23.7 Å². The zero-order valence-corrected chi connectivity index (χ0v) is 10.5. The average Bonchev–Trinajstić information content (AvgIpc) is 2.28. The van der Waals surface area contributed by atoms with Crippen molar-refractivity contribution in [3.05, 3.63) is 24.3 Å². The number of halogens is 2. The molecule has 0 amide bonds. The number of nitrogen functional groups attached to an aromatic ring is 1. The van der Waals surface area contributed by atoms with Crippen molar-refractivity contribution >= 4 is 15.7 Å². The maximum atomic E-state index is 13.0. The van der Waals surface area contributed by atoms with Crippen molar-refractivity contribution in [3.8, 4) is 0 Å². The Kier molecular flexibility index (Phi) is 3.29. The summed E-state index contributed by atoms with van der Waals surface area (Å²) in [5, 5.41) is 0. The summed E-state index contributed by atoms with van der Waals surface area (Å²) in [4.78, 5) is 0.0488. The zero-order valence-electron chi connectivity index (χ0n) is 9.64. The molecular weight excluding hydrogens is 262 g/mol. The van der Waals surface area contributed by atoms with Gasteiger partial charge in [0.2, 0.25) is 10.0 Å². The second-order valence-corrected chi connectivity index (χ2v) is 6.27. The van der Waals surface area contributed by atoms with Gasteiger partial charge in [-0.1, -0.05) is 6.07 Å². The highest BCUT2D eigenvalue weighted by atomic mass is 32.2. The van der Waals surface area contributed by atoms with E-state index in [1.807, 2.05) is 0 Å². The third-order valence-corrected chi connectivity index (χ3v) is 4.84. The molecule has 1 fully saturated rings. The first-order valence-electron chi connectivity index (χ1n) is 5.55. The van der Waals surface area contributed by atoms with Gasteiger partial charge >= 0.3 is 0 Å². The van der Waals surface area contributed by atoms with Crippen LogP contribution in [0.25, 0.3) is 0 Å². The van der Waals surface area contributed by atoms with Crippen LogP contribution in [0.15, 0.2) is 29.2 Å². The molecule has 18 heavy (non-hydrogen) atoms. The van der Waals surface area contributed by atoms with Gasteiger partial charge in [0.15, 0.2) is 0 Å². The summed E-state index contributed by atoms with van der Waals surface area (Å²) in [5.41, 5.74) is 5.86. The molecule has 0 aromatic heterocycles. The van der Waals surface area contributed by atoms with E-state index in [9.17, 15) is 17.2 Å². The third-order valence-electron chi connectivity index (χ3n) is 2.95. The molecule has 1 saturated heterocycles. The smallest absolute Gasteiger partial charge is 0.250 e. The van der Waals surface area contributed by atoms with Gasteiger partial charge < -0.3 is 5.73 Å². The molecule has 1 aromatic carbocycles. The Labute approximate surface area is 104 Å². The summed E-state index contributed by atoms with van der Waals surface area (Å²) >= 11 is 0. The summed E-state index contributed by atoms with van der Waals surface area (Å²) in [6.07, 6.45) is -0.872. The predicted octanol–water partition coefficient (Wildman–Crippen LogP) is 1.69. The minimum absolute atomic E-state index is 0.0488. The van der Waals surface area contributed by atoms with Crippen molar-refractivity contribution in [2.75, 3.05) is 18.8 Å². The van der Waals surface area contributed by atoms with E-state index in [-0.39, 0.29) is 18.0 Å². The number of hydrogen-bond donors (Lipinski definition) is 1. The number of benzene rings is 1. The lowest BCUT2D eigenvalue weighted by Gasteiger charge is -2.30. The molecule has 0 saturated carbocycles. The van der Waals surface area contributed by atoms with Crippen LogP contribution < -0.4 is 5.73 Å². The molecule has 2 N–H and O–H groups in total. The number of sulfonamides is 1. The van der Waals surface area contributed by atoms with Gasteiger partial charge in [0, 0.05) is 31.6 Å². The van der Waals surface area contributed by atoms with E-state index < -0.39 is 28.8 Å². The van der Waals surface area contributed by atoms with E-state index in [1.165, 1.54) is 18.2 Å². The normalized spacial score (nSPS) is 20.8. The monoisotopic (exact) mass is 276 g/mol. The topological polar surface area (TPSA) is 63.4 Å². The zero-order chi connectivity index (χ0) is 13.4. The van der Waals surface area contributed by atoms with E-state index in [0.717, 1.165) is 4.31 Å². The quantitative estimate of drug-likeness (QED) is 0.836. The van der Waals surface area contributed by atoms with E-state index in [4.69, 9.17) is 5.73 Å². The Balaban J connectivity index is 2.23. The molecule has 1 heterocycles. The molecule has 0 bridgehead atoms. The molecule has 1 aliphatic heterocycles. The van der Waals surface area contributed by atoms with Crippen LogP contribution in [-0.4, -0.2) is 31.7 Å². The molecule has 2 rings (SSSR count). The fourth-order valence-corrected chi connectivity index (χ4v) is 3.37. The molecule has 4 nitrogen and oxygen atoms in total. The Morgan fingerprint density at radius 1 is 1.22 bits per heavy atom. The Bertz CT molecular complexity index is 536. The fraction of sp³-hybridized carbons (Fsp3) is 0.455. The Morgan fingerprint density at radius 3 is 2.39 bits per heavy atom. The van der Waals surface area contributed by atoms with Gasteiger partial charge in [-0.25, -0.2) is 17.2 Å². The molecule has 0 unspecified atom stereocenters. The highest BCUT2D eigenvalue weighted by Crippen LogP contribution is 2.30. The highest BCUT2D eigenvalue weighted by Gasteiger charge is 2.38. The van der Waals surface area contributed by atoms with Gasteiger partial charge in [0.05, 0.1) is 4.90 Å². The summed E-state index contributed by atoms with van der Waals surface area (Å²) < 4.78 is 51.4. The molecule has 100 valence electrons. The van der Waals surface area contributed by atoms with Crippen molar-refractivity contribution in [1.29, 1.82) is 0 Å². The van der Waals surface area contributed by atoms with Crippen LogP contribution in [0.4, 0.5) is 14.5 Å². The lowest BCUT2D eigenvalue weighted by atomic mass is 10.1. The number of alkyl halides is 2. The first-order valence-corrected chi connectivity index (χ1v) is 6.99. The molecule has 1 aromatic rings. The summed E-state index contributed by atoms with van der Waals surface area (Å²) in [6.45, 7) is -0.325. The maximum absolute atomic E-state index is 13.0. The van der Waals surface area contributed by atoms with Crippen LogP contribution in [0.5, 0.6) is 0 Å². The number of piperidine rings is 1. The maximum Gasteiger partial charge on any atom is 0.250 e. The first kappa shape index (κ1) is 13.2. The van der Waals surface area contributed by atoms with Crippen LogP contribution in [0.3, 0.4) is 0 Å². The number of hydrogen-bond acceptors (Lipinski definition) is 3. The van der Waals surface area contributed by atoms with Crippen LogP contribution in [0.2, 0.25) is 0 Å². The van der Waals surface area contributed by atoms with Gasteiger partial charge in [-0.3, -0.25) is 0 Å². The second kappa shape index (κ2) is 4.47. The van der Waals surface area contributed by atoms with E-state index in [1.54, 1.807) is 6.07 Å². The number of rotatable bonds is 2. The summed E-state index contributed by atoms with van der Waals surface area (Å²) in [7, 11) is -3.71. The van der Waals surface area contributed by atoms with Crippen LogP contribution in [0, 0.1) is 0 Å². The number of nitrogens with zero attached hydrogens (tertiary/aromatic N) is 1. The standard InChI is InChI=1S/C11H14F2N2O2S/c12-11(13)4-6-15(7-5-11)18(16,17)10-3-1-2-9(14)8-10/h1-3,8H,4-7,14H2. The average molecular weight is 276 g/mol. The third kappa shape index (κ3) is 2.62. The molecule has 7 heteroatoms. The van der Waals surface area contributed by atoms with Gasteiger partial charge in [0.25, 0.3) is 5.92 Å². The van der Waals surface area contributed by atoms with Crippen LogP contribution >= 0.6 is 0 Å². The fourth-order valence-electron chi connectivity index (χ4n) is 1.88. The number of anilines is 1. The number of nitrogens with two attached hydrogens (primary N) is 1. The highest BCUT2D eigenvalue weighted by molar-refractivity contribution is 7.89. The SMILES string of the molecule is Nc1cccc(S(=O)(=O)N2CCC(F)(F)CC2)c1. The summed E-state index contributed by atoms with van der Waals surface area (Å²) in [5.74, 6) is -2.76. The minimum atomic E-state index is -3.71. The van der Waals surface area contributed by atoms with Crippen molar-refractivity contribution < 1.29 is 17.2 Å². The van der Waals surface area contributed by atoms with E-state index in [0.29, 0.717) is 5.69 Å². The van der Waals surface area contributed by atoms with Crippen molar-refractivity contribution in [1.82, 2.24) is 4.31 Å². The van der Waals surface area contributed by atoms with Gasteiger partial charge in [-0.15, -0.1) is 0 Å². The molecule has 0 atom stereocenters. The second-order valence-electron chi connectivity index (χ2n) is 4.33. The predicted molar refractivity (Wildman–Crippen MR) is 63.8 cm³/mol. The van der Waals surface area contributed by atoms with Crippen LogP contribution in [0.1, 0.15) is 12.8 Å². The molecule has 1 aliphatic rings. The first-order chi connectivity index (χ1) is 8.31. The Morgan fingerprint density at radius 2 is 1.83 bits per heavy atom. The Hall–Kier alpha value is -1.21. The van der Waals surface area contributed by atoms with Crippen LogP contribution in [-0.2, 0) is 10.0 Å². The summed E-state index contributed by atoms with van der Waals surface area (Å²) in [6, 6.07) is 5.85. The molecule has 0 radical (unpaired) electrons. The van der Waals surface area contributed by atoms with Gasteiger partial charge in [-0.05, 0) is 18.2 Å². The minimum Gasteiger partial charge on any atom is -0.399 e. The lowest BCUT2D eigenvalue weighted by Crippen LogP contribution is -2.42. The van der Waals surface area contributed by atoms with Crippen molar-refractivity contribution in [3.63, 3.8) is 0 Å². The molecular formula is C11H14F2N2O2S. The molecule has 0 aliphatic carbocycles. The van der Waals surface area contributed by atoms with E-state index in [2.05, 4.69) is 0 Å². The van der Waals surface area contributed by atoms with Crippen molar-refractivity contribution in [2.24, 2.45) is 0 Å². The van der Waals surface area contributed by atoms with E-state index >= 15 is 0 Å². The largest absolute Gasteiger partial charge is 0.399 e.